The lowest BCUT2D eigenvalue weighted by Crippen LogP contribution is -2.22. The lowest BCUT2D eigenvalue weighted by atomic mass is 9.97. The quantitative estimate of drug-likeness (QED) is 0.283. The zero-order valence-electron chi connectivity index (χ0n) is 18.0. The number of aryl methyl sites for hydroxylation is 2. The van der Waals surface area contributed by atoms with Gasteiger partial charge in [-0.15, -0.1) is 11.3 Å². The van der Waals surface area contributed by atoms with Crippen molar-refractivity contribution < 1.29 is 4.39 Å². The van der Waals surface area contributed by atoms with Crippen LogP contribution >= 0.6 is 23.1 Å². The normalized spacial score (nSPS) is 13.4. The third-order valence-electron chi connectivity index (χ3n) is 6.04. The number of nitrogens with one attached hydrogen (secondary N) is 1. The number of hydrogen-bond acceptors (Lipinski definition) is 6. The molecule has 6 nitrogen and oxygen atoms in total. The van der Waals surface area contributed by atoms with Crippen LogP contribution in [0.1, 0.15) is 29.1 Å². The van der Waals surface area contributed by atoms with Crippen LogP contribution in [0.4, 0.5) is 4.39 Å². The van der Waals surface area contributed by atoms with Crippen LogP contribution in [0.2, 0.25) is 0 Å². The van der Waals surface area contributed by atoms with Crippen molar-refractivity contribution in [2.75, 3.05) is 0 Å². The summed E-state index contributed by atoms with van der Waals surface area (Å²) in [5.74, 6) is 0.488. The molecule has 0 amide bonds. The Morgan fingerprint density at radius 2 is 1.82 bits per heavy atom. The Hall–Kier alpha value is -3.30. The molecule has 6 rings (SSSR count). The van der Waals surface area contributed by atoms with Crippen molar-refractivity contribution in [3.8, 4) is 5.69 Å². The van der Waals surface area contributed by atoms with Gasteiger partial charge in [0.05, 0.1) is 27.7 Å². The summed E-state index contributed by atoms with van der Waals surface area (Å²) in [6.45, 7) is 0. The first-order valence-corrected chi connectivity index (χ1v) is 12.8. The van der Waals surface area contributed by atoms with Gasteiger partial charge in [-0.3, -0.25) is 14.2 Å². The number of hydrogen-bond donors (Lipinski definition) is 1. The van der Waals surface area contributed by atoms with Crippen molar-refractivity contribution in [1.82, 2.24) is 19.5 Å². The van der Waals surface area contributed by atoms with Crippen LogP contribution in [0.5, 0.6) is 0 Å². The van der Waals surface area contributed by atoms with Crippen LogP contribution in [0.3, 0.4) is 0 Å². The molecule has 1 aliphatic carbocycles. The van der Waals surface area contributed by atoms with Gasteiger partial charge < -0.3 is 4.98 Å². The lowest BCUT2D eigenvalue weighted by Gasteiger charge is -2.13. The van der Waals surface area contributed by atoms with E-state index in [0.717, 1.165) is 41.5 Å². The predicted octanol–water partition coefficient (Wildman–Crippen LogP) is 4.99. The van der Waals surface area contributed by atoms with E-state index in [-0.39, 0.29) is 16.9 Å². The van der Waals surface area contributed by atoms with Crippen molar-refractivity contribution in [2.24, 2.45) is 0 Å². The molecule has 0 atom stereocenters. The Labute approximate surface area is 201 Å². The van der Waals surface area contributed by atoms with Crippen LogP contribution < -0.4 is 11.1 Å². The SMILES string of the molecule is O=c1[nH]c(CSc2nc3ccccc3c(=O)n2-c2ccc(F)cc2)nc2sc3c(c12)CCCC3. The first-order chi connectivity index (χ1) is 16.6. The minimum absolute atomic E-state index is 0.109. The van der Waals surface area contributed by atoms with Crippen LogP contribution in [-0.4, -0.2) is 19.5 Å². The van der Waals surface area contributed by atoms with E-state index in [4.69, 9.17) is 9.97 Å². The second-order valence-corrected chi connectivity index (χ2v) is 10.2. The Morgan fingerprint density at radius 3 is 2.68 bits per heavy atom. The van der Waals surface area contributed by atoms with Gasteiger partial charge in [-0.05, 0) is 67.6 Å². The van der Waals surface area contributed by atoms with E-state index in [2.05, 4.69) is 4.98 Å². The molecule has 1 aliphatic rings. The van der Waals surface area contributed by atoms with Crippen LogP contribution in [-0.2, 0) is 18.6 Å². The molecule has 5 aromatic rings. The minimum atomic E-state index is -0.381. The number of thiophene rings is 1. The number of aromatic nitrogens is 4. The fraction of sp³-hybridized carbons (Fsp3) is 0.200. The second kappa shape index (κ2) is 8.48. The summed E-state index contributed by atoms with van der Waals surface area (Å²) in [5.41, 5.74) is 1.91. The van der Waals surface area contributed by atoms with Crippen LogP contribution in [0, 0.1) is 5.82 Å². The number of para-hydroxylation sites is 1. The van der Waals surface area contributed by atoms with Crippen molar-refractivity contribution in [2.45, 2.75) is 36.6 Å². The average Bonchev–Trinajstić information content (AvgIpc) is 3.23. The molecule has 0 aliphatic heterocycles. The molecule has 0 saturated carbocycles. The van der Waals surface area contributed by atoms with Gasteiger partial charge in [0.25, 0.3) is 11.1 Å². The zero-order valence-corrected chi connectivity index (χ0v) is 19.6. The second-order valence-electron chi connectivity index (χ2n) is 8.22. The number of halogens is 1. The van der Waals surface area contributed by atoms with Gasteiger partial charge in [0.2, 0.25) is 0 Å². The highest BCUT2D eigenvalue weighted by atomic mass is 32.2. The molecule has 9 heteroatoms. The van der Waals surface area contributed by atoms with Crippen LogP contribution in [0.25, 0.3) is 26.8 Å². The van der Waals surface area contributed by atoms with Gasteiger partial charge >= 0.3 is 0 Å². The molecule has 0 radical (unpaired) electrons. The number of benzene rings is 2. The monoisotopic (exact) mass is 490 g/mol. The van der Waals surface area contributed by atoms with E-state index in [9.17, 15) is 14.0 Å². The number of nitrogens with zero attached hydrogens (tertiary/aromatic N) is 3. The number of H-pyrrole nitrogens is 1. The smallest absolute Gasteiger partial charge is 0.266 e. The maximum atomic E-state index is 13.5. The summed E-state index contributed by atoms with van der Waals surface area (Å²) in [6, 6.07) is 12.9. The first-order valence-electron chi connectivity index (χ1n) is 11.0. The van der Waals surface area contributed by atoms with E-state index in [1.807, 2.05) is 6.07 Å². The molecule has 34 heavy (non-hydrogen) atoms. The molecule has 0 spiro atoms. The van der Waals surface area contributed by atoms with Gasteiger partial charge in [-0.25, -0.2) is 14.4 Å². The number of aromatic amines is 1. The Balaban J connectivity index is 1.42. The standard InChI is InChI=1S/C25H19FN4O2S2/c26-14-9-11-15(12-10-14)30-24(32)16-5-1-3-7-18(16)27-25(30)33-13-20-28-22(31)21-17-6-2-4-8-19(17)34-23(21)29-20/h1,3,5,7,9-12H,2,4,6,8,13H2,(H,28,29,31). The predicted molar refractivity (Wildman–Crippen MR) is 134 cm³/mol. The molecule has 0 fully saturated rings. The van der Waals surface area contributed by atoms with E-state index >= 15 is 0 Å². The molecule has 170 valence electrons. The summed E-state index contributed by atoms with van der Waals surface area (Å²) in [4.78, 5) is 40.6. The third-order valence-corrected chi connectivity index (χ3v) is 8.18. The topological polar surface area (TPSA) is 80.6 Å². The highest BCUT2D eigenvalue weighted by Crippen LogP contribution is 2.34. The molecule has 3 aromatic heterocycles. The molecule has 3 heterocycles. The lowest BCUT2D eigenvalue weighted by molar-refractivity contribution is 0.627. The summed E-state index contributed by atoms with van der Waals surface area (Å²) >= 11 is 2.92. The van der Waals surface area contributed by atoms with Gasteiger partial charge in [-0.1, -0.05) is 23.9 Å². The van der Waals surface area contributed by atoms with E-state index < -0.39 is 0 Å². The molecule has 0 saturated heterocycles. The van der Waals surface area contributed by atoms with E-state index in [0.29, 0.717) is 33.3 Å². The van der Waals surface area contributed by atoms with Crippen molar-refractivity contribution in [3.63, 3.8) is 0 Å². The first kappa shape index (κ1) is 21.2. The van der Waals surface area contributed by atoms with Gasteiger partial charge in [0.1, 0.15) is 16.5 Å². The van der Waals surface area contributed by atoms with Gasteiger partial charge in [0.15, 0.2) is 5.16 Å². The fourth-order valence-corrected chi connectivity index (χ4v) is 6.60. The Morgan fingerprint density at radius 1 is 1.03 bits per heavy atom. The maximum Gasteiger partial charge on any atom is 0.266 e. The highest BCUT2D eigenvalue weighted by Gasteiger charge is 2.20. The van der Waals surface area contributed by atoms with Gasteiger partial charge in [0, 0.05) is 4.88 Å². The summed E-state index contributed by atoms with van der Waals surface area (Å²) in [7, 11) is 0. The fourth-order valence-electron chi connectivity index (χ4n) is 4.44. The number of thioether (sulfide) groups is 1. The molecule has 0 unspecified atom stereocenters. The molecular formula is C25H19FN4O2S2. The molecular weight excluding hydrogens is 471 g/mol. The van der Waals surface area contributed by atoms with Crippen LogP contribution in [0.15, 0.2) is 63.3 Å². The zero-order chi connectivity index (χ0) is 23.2. The minimum Gasteiger partial charge on any atom is -0.309 e. The largest absolute Gasteiger partial charge is 0.309 e. The van der Waals surface area contributed by atoms with Crippen molar-refractivity contribution >= 4 is 44.2 Å². The van der Waals surface area contributed by atoms with E-state index in [1.165, 1.54) is 33.3 Å². The third kappa shape index (κ3) is 3.65. The van der Waals surface area contributed by atoms with E-state index in [1.54, 1.807) is 41.7 Å². The van der Waals surface area contributed by atoms with Crippen molar-refractivity contribution in [1.29, 1.82) is 0 Å². The molecule has 1 N–H and O–H groups in total. The van der Waals surface area contributed by atoms with Crippen molar-refractivity contribution in [3.05, 3.63) is 91.3 Å². The Kier molecular flexibility index (Phi) is 5.30. The summed E-state index contributed by atoms with van der Waals surface area (Å²) < 4.78 is 15.0. The molecule has 2 aromatic carbocycles. The number of rotatable bonds is 4. The summed E-state index contributed by atoms with van der Waals surface area (Å²) in [5, 5.41) is 1.65. The molecule has 0 bridgehead atoms. The maximum absolute atomic E-state index is 13.5. The van der Waals surface area contributed by atoms with Gasteiger partial charge in [-0.2, -0.15) is 0 Å². The Bertz CT molecular complexity index is 1670. The average molecular weight is 491 g/mol. The number of fused-ring (bicyclic) bond motifs is 4. The highest BCUT2D eigenvalue weighted by molar-refractivity contribution is 7.98. The summed E-state index contributed by atoms with van der Waals surface area (Å²) in [6.07, 6.45) is 4.18.